The maximum atomic E-state index is 12.1. The van der Waals surface area contributed by atoms with E-state index in [0.717, 1.165) is 0 Å². The number of ether oxygens (including phenoxy) is 1. The molecule has 0 spiro atoms. The smallest absolute Gasteiger partial charge is 0.417 e. The van der Waals surface area contributed by atoms with Crippen LogP contribution in [0.1, 0.15) is 24.2 Å². The molecule has 0 radical (unpaired) electrons. The van der Waals surface area contributed by atoms with Gasteiger partial charge >= 0.3 is 6.18 Å². The molecule has 1 aromatic carbocycles. The Kier molecular flexibility index (Phi) is 4.59. The SMILES string of the molecule is Cc1cc([C@H](C)O)ccc1OCC(O)C(F)(F)F. The molecule has 1 unspecified atom stereocenters. The number of halogens is 3. The van der Waals surface area contributed by atoms with Crippen LogP contribution in [-0.2, 0) is 0 Å². The van der Waals surface area contributed by atoms with Crippen molar-refractivity contribution in [3.63, 3.8) is 0 Å². The zero-order valence-corrected chi connectivity index (χ0v) is 10.0. The molecular formula is C12H15F3O3. The molecule has 2 N–H and O–H groups in total. The first-order chi connectivity index (χ1) is 8.21. The lowest BCUT2D eigenvalue weighted by atomic mass is 10.1. The molecule has 102 valence electrons. The van der Waals surface area contributed by atoms with Gasteiger partial charge < -0.3 is 14.9 Å². The van der Waals surface area contributed by atoms with E-state index >= 15 is 0 Å². The number of alkyl halides is 3. The summed E-state index contributed by atoms with van der Waals surface area (Å²) in [5.41, 5.74) is 1.25. The first-order valence-electron chi connectivity index (χ1n) is 5.38. The molecule has 0 saturated carbocycles. The number of aryl methyl sites for hydroxylation is 1. The second-order valence-electron chi connectivity index (χ2n) is 4.07. The van der Waals surface area contributed by atoms with Gasteiger partial charge in [0.05, 0.1) is 6.10 Å². The molecule has 0 aliphatic carbocycles. The average molecular weight is 264 g/mol. The molecule has 3 nitrogen and oxygen atoms in total. The largest absolute Gasteiger partial charge is 0.490 e. The summed E-state index contributed by atoms with van der Waals surface area (Å²) in [4.78, 5) is 0. The highest BCUT2D eigenvalue weighted by Gasteiger charge is 2.38. The van der Waals surface area contributed by atoms with Crippen LogP contribution in [0.15, 0.2) is 18.2 Å². The van der Waals surface area contributed by atoms with Crippen molar-refractivity contribution in [3.05, 3.63) is 29.3 Å². The highest BCUT2D eigenvalue weighted by atomic mass is 19.4. The van der Waals surface area contributed by atoms with E-state index in [0.29, 0.717) is 11.1 Å². The fourth-order valence-electron chi connectivity index (χ4n) is 1.36. The lowest BCUT2D eigenvalue weighted by Gasteiger charge is -2.17. The summed E-state index contributed by atoms with van der Waals surface area (Å²) in [6.07, 6.45) is -7.85. The minimum absolute atomic E-state index is 0.253. The average Bonchev–Trinajstić information content (AvgIpc) is 2.25. The van der Waals surface area contributed by atoms with Crippen LogP contribution in [0.3, 0.4) is 0 Å². The lowest BCUT2D eigenvalue weighted by molar-refractivity contribution is -0.210. The van der Waals surface area contributed by atoms with Crippen LogP contribution >= 0.6 is 0 Å². The van der Waals surface area contributed by atoms with Crippen LogP contribution in [0, 0.1) is 6.92 Å². The molecule has 0 aromatic heterocycles. The van der Waals surface area contributed by atoms with Crippen molar-refractivity contribution in [1.29, 1.82) is 0 Å². The maximum Gasteiger partial charge on any atom is 0.417 e. The standard InChI is InChI=1S/C12H15F3O3/c1-7-5-9(8(2)16)3-4-10(7)18-6-11(17)12(13,14)15/h3-5,8,11,16-17H,6H2,1-2H3/t8-,11?/m0/s1. The Morgan fingerprint density at radius 2 is 1.89 bits per heavy atom. The first kappa shape index (κ1) is 14.8. The second-order valence-corrected chi connectivity index (χ2v) is 4.07. The molecule has 6 heteroatoms. The number of aliphatic hydroxyl groups excluding tert-OH is 2. The number of rotatable bonds is 4. The van der Waals surface area contributed by atoms with Crippen molar-refractivity contribution in [2.75, 3.05) is 6.61 Å². The van der Waals surface area contributed by atoms with Crippen LogP contribution in [0.25, 0.3) is 0 Å². The minimum atomic E-state index is -4.69. The van der Waals surface area contributed by atoms with E-state index in [2.05, 4.69) is 0 Å². The lowest BCUT2D eigenvalue weighted by Crippen LogP contribution is -2.34. The maximum absolute atomic E-state index is 12.1. The zero-order valence-electron chi connectivity index (χ0n) is 10.0. The summed E-state index contributed by atoms with van der Waals surface area (Å²) >= 11 is 0. The van der Waals surface area contributed by atoms with Crippen molar-refractivity contribution in [1.82, 2.24) is 0 Å². The number of hydrogen-bond acceptors (Lipinski definition) is 3. The first-order valence-corrected chi connectivity index (χ1v) is 5.38. The van der Waals surface area contributed by atoms with E-state index in [1.165, 1.54) is 6.07 Å². The predicted octanol–water partition coefficient (Wildman–Crippen LogP) is 2.35. The molecule has 1 aromatic rings. The summed E-state index contributed by atoms with van der Waals surface area (Å²) in [5, 5.41) is 18.1. The van der Waals surface area contributed by atoms with Gasteiger partial charge in [-0.2, -0.15) is 13.2 Å². The van der Waals surface area contributed by atoms with Crippen molar-refractivity contribution in [2.45, 2.75) is 32.2 Å². The molecule has 0 heterocycles. The molecule has 0 amide bonds. The van der Waals surface area contributed by atoms with Gasteiger partial charge in [-0.3, -0.25) is 0 Å². The van der Waals surface area contributed by atoms with E-state index in [1.807, 2.05) is 0 Å². The Bertz CT molecular complexity index is 402. The van der Waals surface area contributed by atoms with Crippen molar-refractivity contribution in [3.8, 4) is 5.75 Å². The van der Waals surface area contributed by atoms with Gasteiger partial charge in [-0.05, 0) is 37.1 Å². The van der Waals surface area contributed by atoms with E-state index < -0.39 is 25.0 Å². The van der Waals surface area contributed by atoms with Gasteiger partial charge in [-0.15, -0.1) is 0 Å². The predicted molar refractivity (Wildman–Crippen MR) is 59.4 cm³/mol. The Morgan fingerprint density at radius 3 is 2.33 bits per heavy atom. The van der Waals surface area contributed by atoms with E-state index in [1.54, 1.807) is 26.0 Å². The van der Waals surface area contributed by atoms with Gasteiger partial charge in [-0.1, -0.05) is 6.07 Å². The molecule has 2 atom stereocenters. The zero-order chi connectivity index (χ0) is 13.9. The quantitative estimate of drug-likeness (QED) is 0.877. The summed E-state index contributed by atoms with van der Waals surface area (Å²) < 4.78 is 41.1. The number of benzene rings is 1. The molecule has 1 rings (SSSR count). The highest BCUT2D eigenvalue weighted by molar-refractivity contribution is 5.36. The van der Waals surface area contributed by atoms with Crippen molar-refractivity contribution >= 4 is 0 Å². The van der Waals surface area contributed by atoms with Crippen LogP contribution in [0.4, 0.5) is 13.2 Å². The molecule has 0 bridgehead atoms. The fraction of sp³-hybridized carbons (Fsp3) is 0.500. The topological polar surface area (TPSA) is 49.7 Å². The highest BCUT2D eigenvalue weighted by Crippen LogP contribution is 2.25. The van der Waals surface area contributed by atoms with Crippen LogP contribution < -0.4 is 4.74 Å². The summed E-state index contributed by atoms with van der Waals surface area (Å²) in [6, 6.07) is 4.66. The van der Waals surface area contributed by atoms with E-state index in [-0.39, 0.29) is 5.75 Å². The van der Waals surface area contributed by atoms with E-state index in [4.69, 9.17) is 9.84 Å². The fourth-order valence-corrected chi connectivity index (χ4v) is 1.36. The summed E-state index contributed by atoms with van der Waals surface area (Å²) in [6.45, 7) is 2.39. The van der Waals surface area contributed by atoms with Gasteiger partial charge in [-0.25, -0.2) is 0 Å². The molecule has 18 heavy (non-hydrogen) atoms. The minimum Gasteiger partial charge on any atom is -0.490 e. The van der Waals surface area contributed by atoms with E-state index in [9.17, 15) is 18.3 Å². The van der Waals surface area contributed by atoms with Gasteiger partial charge in [0.1, 0.15) is 12.4 Å². The normalized spacial score (nSPS) is 15.3. The third-order valence-corrected chi connectivity index (χ3v) is 2.46. The molecule has 0 saturated heterocycles. The molecular weight excluding hydrogens is 249 g/mol. The van der Waals surface area contributed by atoms with Gasteiger partial charge in [0.25, 0.3) is 0 Å². The summed E-state index contributed by atoms with van der Waals surface area (Å²) in [5.74, 6) is 0.253. The Labute approximate surface area is 103 Å². The van der Waals surface area contributed by atoms with Crippen molar-refractivity contribution in [2.24, 2.45) is 0 Å². The van der Waals surface area contributed by atoms with Gasteiger partial charge in [0.15, 0.2) is 6.10 Å². The second kappa shape index (κ2) is 5.58. The Balaban J connectivity index is 2.69. The van der Waals surface area contributed by atoms with Gasteiger partial charge in [0, 0.05) is 0 Å². The van der Waals surface area contributed by atoms with Crippen LogP contribution in [-0.4, -0.2) is 29.1 Å². The Morgan fingerprint density at radius 1 is 1.28 bits per heavy atom. The Hall–Kier alpha value is -1.27. The third kappa shape index (κ3) is 3.89. The third-order valence-electron chi connectivity index (χ3n) is 2.46. The van der Waals surface area contributed by atoms with Gasteiger partial charge in [0.2, 0.25) is 0 Å². The molecule has 0 fully saturated rings. The number of hydrogen-bond donors (Lipinski definition) is 2. The summed E-state index contributed by atoms with van der Waals surface area (Å²) in [7, 11) is 0. The van der Waals surface area contributed by atoms with Crippen molar-refractivity contribution < 1.29 is 28.1 Å². The van der Waals surface area contributed by atoms with Crippen LogP contribution in [0.5, 0.6) is 5.75 Å². The molecule has 0 aliphatic heterocycles. The van der Waals surface area contributed by atoms with Crippen LogP contribution in [0.2, 0.25) is 0 Å². The monoisotopic (exact) mass is 264 g/mol. The molecule has 0 aliphatic rings. The number of aliphatic hydroxyl groups is 2.